The molecule has 0 saturated heterocycles. The molecular weight excluding hydrogens is 422 g/mol. The van der Waals surface area contributed by atoms with E-state index in [1.54, 1.807) is 23.1 Å². The number of aromatic nitrogens is 2. The molecule has 0 aliphatic heterocycles. The number of hydrogen-bond donors (Lipinski definition) is 1. The van der Waals surface area contributed by atoms with Crippen LogP contribution in [0.25, 0.3) is 20.7 Å². The van der Waals surface area contributed by atoms with E-state index >= 15 is 0 Å². The topological polar surface area (TPSA) is 64.0 Å². The van der Waals surface area contributed by atoms with E-state index in [-0.39, 0.29) is 18.0 Å². The molecule has 0 aliphatic carbocycles. The first-order chi connectivity index (χ1) is 14.1. The van der Waals surface area contributed by atoms with Gasteiger partial charge >= 0.3 is 0 Å². The molecule has 1 N–H and O–H groups in total. The van der Waals surface area contributed by atoms with Gasteiger partial charge in [-0.05, 0) is 30.5 Å². The monoisotopic (exact) mass is 441 g/mol. The molecule has 0 atom stereocenters. The predicted octanol–water partition coefficient (Wildman–Crippen LogP) is 4.40. The molecule has 1 amide bonds. The van der Waals surface area contributed by atoms with Crippen LogP contribution in [-0.4, -0.2) is 27.8 Å². The summed E-state index contributed by atoms with van der Waals surface area (Å²) in [5, 5.41) is 7.41. The van der Waals surface area contributed by atoms with Gasteiger partial charge in [-0.15, -0.1) is 34.4 Å². The van der Waals surface area contributed by atoms with Crippen LogP contribution in [0.3, 0.4) is 0 Å². The molecule has 4 aromatic rings. The van der Waals surface area contributed by atoms with E-state index < -0.39 is 0 Å². The minimum absolute atomic E-state index is 0.0311. The minimum Gasteiger partial charge on any atom is -0.354 e. The quantitative estimate of drug-likeness (QED) is 0.341. The summed E-state index contributed by atoms with van der Waals surface area (Å²) in [4.78, 5) is 32.5. The van der Waals surface area contributed by atoms with Crippen LogP contribution in [0.15, 0.2) is 63.2 Å². The minimum atomic E-state index is -0.189. The van der Waals surface area contributed by atoms with Crippen LogP contribution in [0.1, 0.15) is 5.56 Å². The average Bonchev–Trinajstić information content (AvgIpc) is 3.38. The number of nitrogens with one attached hydrogen (secondary N) is 1. The summed E-state index contributed by atoms with van der Waals surface area (Å²) in [5.41, 5.74) is 1.94. The zero-order valence-corrected chi connectivity index (χ0v) is 18.2. The van der Waals surface area contributed by atoms with E-state index in [1.807, 2.05) is 22.9 Å². The maximum Gasteiger partial charge on any atom is 0.263 e. The maximum absolute atomic E-state index is 12.9. The first-order valence-electron chi connectivity index (χ1n) is 9.08. The van der Waals surface area contributed by atoms with Crippen molar-refractivity contribution in [3.8, 4) is 10.4 Å². The van der Waals surface area contributed by atoms with Gasteiger partial charge in [0.05, 0.1) is 11.7 Å². The second-order valence-electron chi connectivity index (χ2n) is 6.50. The lowest BCUT2D eigenvalue weighted by Gasteiger charge is -2.08. The zero-order chi connectivity index (χ0) is 20.2. The summed E-state index contributed by atoms with van der Waals surface area (Å²) in [7, 11) is 0. The predicted molar refractivity (Wildman–Crippen MR) is 122 cm³/mol. The molecule has 29 heavy (non-hydrogen) atoms. The van der Waals surface area contributed by atoms with Crippen molar-refractivity contribution in [2.45, 2.75) is 18.4 Å². The number of carbonyl (C=O) groups excluding carboxylic acids is 1. The average molecular weight is 442 g/mol. The van der Waals surface area contributed by atoms with Crippen molar-refractivity contribution in [3.05, 3.63) is 69.4 Å². The third kappa shape index (κ3) is 4.60. The summed E-state index contributed by atoms with van der Waals surface area (Å²) >= 11 is 4.72. The molecule has 8 heteroatoms. The second-order valence-corrected chi connectivity index (χ2v) is 9.47. The fraction of sp³-hybridized carbons (Fsp3) is 0.190. The lowest BCUT2D eigenvalue weighted by molar-refractivity contribution is -0.121. The Morgan fingerprint density at radius 3 is 2.79 bits per heavy atom. The van der Waals surface area contributed by atoms with Gasteiger partial charge in [-0.1, -0.05) is 23.8 Å². The van der Waals surface area contributed by atoms with E-state index in [1.165, 1.54) is 32.7 Å². The Bertz CT molecular complexity index is 1180. The molecular formula is C21H19N3O2S3. The Morgan fingerprint density at radius 1 is 1.21 bits per heavy atom. The summed E-state index contributed by atoms with van der Waals surface area (Å²) < 4.78 is 1.38. The highest BCUT2D eigenvalue weighted by atomic mass is 32.2. The van der Waals surface area contributed by atoms with Gasteiger partial charge in [-0.2, -0.15) is 0 Å². The number of rotatable bonds is 7. The van der Waals surface area contributed by atoms with E-state index in [0.29, 0.717) is 16.8 Å². The van der Waals surface area contributed by atoms with E-state index in [9.17, 15) is 9.59 Å². The number of amides is 1. The Hall–Kier alpha value is -2.42. The number of benzene rings is 1. The Labute approximate surface area is 180 Å². The summed E-state index contributed by atoms with van der Waals surface area (Å²) in [5.74, 6) is 0.583. The fourth-order valence-electron chi connectivity index (χ4n) is 2.90. The largest absolute Gasteiger partial charge is 0.354 e. The van der Waals surface area contributed by atoms with Gasteiger partial charge in [0.1, 0.15) is 11.4 Å². The third-order valence-electron chi connectivity index (χ3n) is 4.38. The molecule has 148 valence electrons. The molecule has 0 bridgehead atoms. The van der Waals surface area contributed by atoms with Crippen molar-refractivity contribution in [1.29, 1.82) is 0 Å². The van der Waals surface area contributed by atoms with E-state index in [4.69, 9.17) is 0 Å². The van der Waals surface area contributed by atoms with E-state index in [2.05, 4.69) is 41.5 Å². The smallest absolute Gasteiger partial charge is 0.263 e. The van der Waals surface area contributed by atoms with Crippen LogP contribution >= 0.6 is 34.4 Å². The number of fused-ring (bicyclic) bond motifs is 1. The van der Waals surface area contributed by atoms with Gasteiger partial charge in [-0.3, -0.25) is 14.2 Å². The molecule has 0 aliphatic rings. The molecule has 4 rings (SSSR count). The van der Waals surface area contributed by atoms with Crippen LogP contribution in [-0.2, 0) is 11.3 Å². The van der Waals surface area contributed by atoms with Gasteiger partial charge in [0.2, 0.25) is 5.91 Å². The first kappa shape index (κ1) is 19.9. The molecule has 0 saturated carbocycles. The lowest BCUT2D eigenvalue weighted by atomic mass is 10.2. The van der Waals surface area contributed by atoms with Crippen LogP contribution < -0.4 is 10.9 Å². The number of thiophene rings is 2. The third-order valence-corrected chi connectivity index (χ3v) is 7.18. The van der Waals surface area contributed by atoms with Crippen LogP contribution in [0, 0.1) is 6.92 Å². The van der Waals surface area contributed by atoms with Crippen molar-refractivity contribution < 1.29 is 4.79 Å². The molecule has 0 radical (unpaired) electrons. The van der Waals surface area contributed by atoms with Crippen molar-refractivity contribution in [2.75, 3.05) is 12.3 Å². The molecule has 0 spiro atoms. The second kappa shape index (κ2) is 8.94. The Morgan fingerprint density at radius 2 is 2.03 bits per heavy atom. The SMILES string of the molecule is Cc1ccc(SCCNC(=O)Cn2cnc3scc(-c4cccs4)c3c2=O)cc1. The molecule has 0 fully saturated rings. The molecule has 0 unspecified atom stereocenters. The maximum atomic E-state index is 12.9. The fourth-order valence-corrected chi connectivity index (χ4v) is 5.39. The van der Waals surface area contributed by atoms with Crippen LogP contribution in [0.2, 0.25) is 0 Å². The Kier molecular flexibility index (Phi) is 6.13. The number of hydrogen-bond acceptors (Lipinski definition) is 6. The normalized spacial score (nSPS) is 11.1. The molecule has 5 nitrogen and oxygen atoms in total. The first-order valence-corrected chi connectivity index (χ1v) is 11.8. The van der Waals surface area contributed by atoms with Gasteiger partial charge in [0.25, 0.3) is 5.56 Å². The van der Waals surface area contributed by atoms with Crippen molar-refractivity contribution >= 4 is 50.6 Å². The van der Waals surface area contributed by atoms with Crippen LogP contribution in [0.4, 0.5) is 0 Å². The highest BCUT2D eigenvalue weighted by Crippen LogP contribution is 2.33. The summed E-state index contributed by atoms with van der Waals surface area (Å²) in [6.45, 7) is 2.57. The molecule has 1 aromatic carbocycles. The highest BCUT2D eigenvalue weighted by molar-refractivity contribution is 7.99. The van der Waals surface area contributed by atoms with Crippen molar-refractivity contribution in [1.82, 2.24) is 14.9 Å². The number of thioether (sulfide) groups is 1. The molecule has 3 heterocycles. The Balaban J connectivity index is 1.39. The number of aryl methyl sites for hydroxylation is 1. The van der Waals surface area contributed by atoms with Crippen molar-refractivity contribution in [3.63, 3.8) is 0 Å². The van der Waals surface area contributed by atoms with E-state index in [0.717, 1.165) is 16.2 Å². The van der Waals surface area contributed by atoms with Gasteiger partial charge < -0.3 is 5.32 Å². The number of carbonyl (C=O) groups is 1. The highest BCUT2D eigenvalue weighted by Gasteiger charge is 2.15. The van der Waals surface area contributed by atoms with Crippen molar-refractivity contribution in [2.24, 2.45) is 0 Å². The molecule has 3 aromatic heterocycles. The van der Waals surface area contributed by atoms with Gasteiger partial charge in [0.15, 0.2) is 0 Å². The lowest BCUT2D eigenvalue weighted by Crippen LogP contribution is -2.33. The van der Waals surface area contributed by atoms with Gasteiger partial charge in [-0.25, -0.2) is 4.98 Å². The standard InChI is InChI=1S/C21H19N3O2S3/c1-14-4-6-15(7-5-14)27-10-8-22-18(25)11-24-13-23-20-19(21(24)26)16(12-29-20)17-3-2-9-28-17/h2-7,9,12-13H,8,10-11H2,1H3,(H,22,25). The summed E-state index contributed by atoms with van der Waals surface area (Å²) in [6, 6.07) is 12.3. The van der Waals surface area contributed by atoms with Gasteiger partial charge in [0, 0.05) is 33.0 Å². The number of nitrogens with zero attached hydrogens (tertiary/aromatic N) is 2. The zero-order valence-electron chi connectivity index (χ0n) is 15.8. The van der Waals surface area contributed by atoms with Crippen LogP contribution in [0.5, 0.6) is 0 Å². The summed E-state index contributed by atoms with van der Waals surface area (Å²) in [6.07, 6.45) is 1.46.